The fourth-order valence-electron chi connectivity index (χ4n) is 7.25. The lowest BCUT2D eigenvalue weighted by Gasteiger charge is -2.34. The van der Waals surface area contributed by atoms with E-state index in [4.69, 9.17) is 24.4 Å². The van der Waals surface area contributed by atoms with E-state index in [1.807, 2.05) is 13.8 Å². The van der Waals surface area contributed by atoms with Gasteiger partial charge >= 0.3 is 5.97 Å². The molecule has 77 heavy (non-hydrogen) atoms. The van der Waals surface area contributed by atoms with Gasteiger partial charge in [0.05, 0.1) is 38.2 Å². The lowest BCUT2D eigenvalue weighted by atomic mass is 9.91. The number of aromatic nitrogens is 7. The van der Waals surface area contributed by atoms with Crippen molar-refractivity contribution in [1.82, 2.24) is 61.5 Å². The van der Waals surface area contributed by atoms with Gasteiger partial charge in [-0.25, -0.2) is 39.7 Å². The number of rotatable bonds is 10. The predicted molar refractivity (Wildman–Crippen MR) is 290 cm³/mol. The number of hydrogen-bond donors (Lipinski definition) is 8. The third-order valence-electron chi connectivity index (χ3n) is 11.7. The molecule has 1 aliphatic rings. The fraction of sp³-hybridized carbons (Fsp3) is 0.312. The number of allylic oxidation sites excluding steroid dienone is 1. The molecule has 0 aliphatic carbocycles. The lowest BCUT2D eigenvalue weighted by Crippen LogP contribution is -2.52. The molecule has 8 bridgehead atoms. The van der Waals surface area contributed by atoms with Crippen LogP contribution in [-0.4, -0.2) is 124 Å². The Balaban J connectivity index is 1.21. The Morgan fingerprint density at radius 1 is 0.675 bits per heavy atom. The number of nitrogens with one attached hydrogen (secondary N) is 5. The lowest BCUT2D eigenvalue weighted by molar-refractivity contribution is -0.136. The SMILES string of the molecule is C/C=C(/NC(=O)c1csc(-c2csc(-c3ccc4c(n3)-c3csc(n3)[C@@H]([C@](C)(O)[C@H](C)O)NC(=O)c3csc(n3)[C@H](C(C)C)NC(=O)c3csc(n3)/C(=C/OC)NC(=O)[C@@H]([C@@H](C)O)NC(=O)c3csc-4n3)n2)n1)C(=O)OC. The van der Waals surface area contributed by atoms with Gasteiger partial charge in [0.2, 0.25) is 5.91 Å². The van der Waals surface area contributed by atoms with Gasteiger partial charge < -0.3 is 51.4 Å². The average Bonchev–Trinajstić information content (AvgIpc) is 4.32. The first-order chi connectivity index (χ1) is 36.7. The number of methoxy groups -OCH3 is 2. The molecular formula is C48H48N12O11S6. The minimum absolute atomic E-state index is 0.00676. The monoisotopic (exact) mass is 1160 g/mol. The fourth-order valence-corrected chi connectivity index (χ4v) is 12.4. The molecule has 7 aromatic rings. The maximum Gasteiger partial charge on any atom is 0.354 e. The van der Waals surface area contributed by atoms with Gasteiger partial charge in [0.25, 0.3) is 23.6 Å². The zero-order valence-electron chi connectivity index (χ0n) is 41.9. The van der Waals surface area contributed by atoms with Gasteiger partial charge in [0.1, 0.15) is 105 Å². The van der Waals surface area contributed by atoms with Crippen LogP contribution < -0.4 is 26.6 Å². The van der Waals surface area contributed by atoms with E-state index in [1.165, 1.54) is 80.2 Å². The van der Waals surface area contributed by atoms with Crippen LogP contribution in [0.25, 0.3) is 49.1 Å². The van der Waals surface area contributed by atoms with Crippen molar-refractivity contribution >= 4 is 109 Å². The number of ether oxygens (including phenoxy) is 2. The highest BCUT2D eigenvalue weighted by Crippen LogP contribution is 2.40. The Labute approximate surface area is 462 Å². The zero-order valence-corrected chi connectivity index (χ0v) is 46.8. The van der Waals surface area contributed by atoms with E-state index >= 15 is 0 Å². The predicted octanol–water partition coefficient (Wildman–Crippen LogP) is 5.58. The summed E-state index contributed by atoms with van der Waals surface area (Å²) in [4.78, 5) is 114. The Morgan fingerprint density at radius 3 is 1.90 bits per heavy atom. The third kappa shape index (κ3) is 12.2. The van der Waals surface area contributed by atoms with Gasteiger partial charge in [-0.2, -0.15) is 0 Å². The van der Waals surface area contributed by atoms with Crippen LogP contribution in [-0.2, 0) is 19.1 Å². The van der Waals surface area contributed by atoms with Crippen LogP contribution in [0.15, 0.2) is 62.4 Å². The molecule has 0 fully saturated rings. The molecule has 1 aliphatic heterocycles. The highest BCUT2D eigenvalue weighted by Gasteiger charge is 2.42. The van der Waals surface area contributed by atoms with Crippen LogP contribution in [0.2, 0.25) is 0 Å². The van der Waals surface area contributed by atoms with Crippen LogP contribution >= 0.6 is 68.0 Å². The topological polar surface area (TPSA) is 332 Å². The minimum atomic E-state index is -2.01. The second-order valence-electron chi connectivity index (χ2n) is 17.5. The molecule has 0 spiro atoms. The quantitative estimate of drug-likeness (QED) is 0.0471. The number of carbonyl (C=O) groups is 6. The maximum absolute atomic E-state index is 14.2. The first-order valence-electron chi connectivity index (χ1n) is 23.1. The number of aliphatic hydroxyl groups is 3. The van der Waals surface area contributed by atoms with Gasteiger partial charge in [-0.05, 0) is 45.7 Å². The zero-order chi connectivity index (χ0) is 55.5. The van der Waals surface area contributed by atoms with Crippen molar-refractivity contribution in [2.45, 2.75) is 77.5 Å². The molecule has 0 radical (unpaired) electrons. The second kappa shape index (κ2) is 23.7. The Bertz CT molecular complexity index is 3440. The van der Waals surface area contributed by atoms with Crippen molar-refractivity contribution in [3.8, 4) is 43.4 Å². The largest absolute Gasteiger partial charge is 0.502 e. The highest BCUT2D eigenvalue weighted by atomic mass is 32.1. The number of fused-ring (bicyclic) bond motifs is 11. The van der Waals surface area contributed by atoms with E-state index in [2.05, 4.69) is 46.5 Å². The Kier molecular flexibility index (Phi) is 17.2. The molecule has 5 amide bonds. The normalized spacial score (nSPS) is 18.8. The summed E-state index contributed by atoms with van der Waals surface area (Å²) in [6.07, 6.45) is -0.217. The van der Waals surface area contributed by atoms with Crippen LogP contribution in [0.3, 0.4) is 0 Å². The van der Waals surface area contributed by atoms with Crippen molar-refractivity contribution in [3.63, 3.8) is 0 Å². The molecule has 23 nitrogen and oxygen atoms in total. The van der Waals surface area contributed by atoms with Crippen molar-refractivity contribution in [2.75, 3.05) is 14.2 Å². The number of hydrogen-bond acceptors (Lipinski definition) is 24. The molecule has 8 heterocycles. The Morgan fingerprint density at radius 2 is 1.23 bits per heavy atom. The van der Waals surface area contributed by atoms with E-state index in [1.54, 1.807) is 29.8 Å². The van der Waals surface area contributed by atoms with Crippen molar-refractivity contribution in [1.29, 1.82) is 0 Å². The summed E-state index contributed by atoms with van der Waals surface area (Å²) in [7, 11) is 2.54. The summed E-state index contributed by atoms with van der Waals surface area (Å²) >= 11 is 6.67. The summed E-state index contributed by atoms with van der Waals surface area (Å²) in [5.74, 6) is -4.52. The van der Waals surface area contributed by atoms with Crippen molar-refractivity contribution in [3.05, 3.63) is 100 Å². The first-order valence-corrected chi connectivity index (χ1v) is 28.4. The molecule has 8 rings (SSSR count). The molecule has 0 saturated heterocycles. The number of amides is 5. The van der Waals surface area contributed by atoms with Gasteiger partial charge in [0.15, 0.2) is 0 Å². The second-order valence-corrected chi connectivity index (χ2v) is 22.7. The molecule has 8 N–H and O–H groups in total. The van der Waals surface area contributed by atoms with Crippen molar-refractivity contribution < 1.29 is 53.6 Å². The van der Waals surface area contributed by atoms with E-state index in [0.717, 1.165) is 56.7 Å². The number of aliphatic hydroxyl groups excluding tert-OH is 2. The van der Waals surface area contributed by atoms with Crippen LogP contribution in [0.5, 0.6) is 0 Å². The molecular weight excluding hydrogens is 1110 g/mol. The number of pyridine rings is 1. The number of thiazole rings is 6. The van der Waals surface area contributed by atoms with Crippen LogP contribution in [0.1, 0.15) is 111 Å². The Hall–Kier alpha value is -7.09. The summed E-state index contributed by atoms with van der Waals surface area (Å²) in [6.45, 7) is 9.34. The smallest absolute Gasteiger partial charge is 0.354 e. The van der Waals surface area contributed by atoms with E-state index < -0.39 is 71.4 Å². The molecule has 7 aromatic heterocycles. The molecule has 29 heteroatoms. The summed E-state index contributed by atoms with van der Waals surface area (Å²) in [6, 6.07) is -0.157. The summed E-state index contributed by atoms with van der Waals surface area (Å²) < 4.78 is 9.96. The average molecular weight is 1160 g/mol. The summed E-state index contributed by atoms with van der Waals surface area (Å²) in [5, 5.41) is 58.4. The summed E-state index contributed by atoms with van der Waals surface area (Å²) in [5.41, 5.74) is -0.471. The molecule has 402 valence electrons. The van der Waals surface area contributed by atoms with Gasteiger partial charge in [-0.15, -0.1) is 68.0 Å². The van der Waals surface area contributed by atoms with E-state index in [0.29, 0.717) is 32.0 Å². The van der Waals surface area contributed by atoms with Crippen LogP contribution in [0, 0.1) is 5.92 Å². The number of carbonyl (C=O) groups excluding carboxylic acids is 6. The number of nitrogens with zero attached hydrogens (tertiary/aromatic N) is 7. The standard InChI is InChI=1S/C48H48N12O11S6/c1-9-23(47(68)71-8)50-36(63)27-15-74-44(55-27)31-18-75-42(57-31)24-11-10-22-34(49-24)26-13-77-46(52-26)35(48(6,69)21(5)62)60-39(66)30-17-76-45(56-30)32(19(2)3)58-37(64)29-16-73-43(54-29)25(12-70-7)51-40(67)33(20(4)61)59-38(65)28-14-72-41(22)53-28/h9-21,32-33,35,61-62,69H,1-8H3,(H,50,63)(H,51,67)(H,58,64)(H,59,65)(H,60,66)/b23-9+,25-12-/t20-,21+,32+,33-,35+,48-/m1/s1. The first kappa shape index (κ1) is 56.1. The third-order valence-corrected chi connectivity index (χ3v) is 17.0. The van der Waals surface area contributed by atoms with E-state index in [9.17, 15) is 44.1 Å². The highest BCUT2D eigenvalue weighted by molar-refractivity contribution is 7.15. The van der Waals surface area contributed by atoms with Gasteiger partial charge in [-0.3, -0.25) is 24.0 Å². The number of esters is 1. The minimum Gasteiger partial charge on any atom is -0.502 e. The van der Waals surface area contributed by atoms with Crippen LogP contribution in [0.4, 0.5) is 0 Å². The maximum atomic E-state index is 14.2. The molecule has 0 aromatic carbocycles. The van der Waals surface area contributed by atoms with Gasteiger partial charge in [-0.1, -0.05) is 19.9 Å². The molecule has 0 saturated carbocycles. The van der Waals surface area contributed by atoms with Gasteiger partial charge in [0, 0.05) is 37.8 Å². The van der Waals surface area contributed by atoms with Crippen molar-refractivity contribution in [2.24, 2.45) is 5.92 Å². The molecule has 6 atom stereocenters. The van der Waals surface area contributed by atoms with E-state index in [-0.39, 0.29) is 66.5 Å². The molecule has 0 unspecified atom stereocenters.